The summed E-state index contributed by atoms with van der Waals surface area (Å²) in [5.41, 5.74) is 1.42. The summed E-state index contributed by atoms with van der Waals surface area (Å²) < 4.78 is 13.3. The van der Waals surface area contributed by atoms with Crippen LogP contribution in [0.3, 0.4) is 0 Å². The molecule has 1 atom stereocenters. The first-order valence-corrected chi connectivity index (χ1v) is 6.40. The van der Waals surface area contributed by atoms with Crippen molar-refractivity contribution in [1.29, 1.82) is 0 Å². The largest absolute Gasteiger partial charge is 0.352 e. The molecular weight excluding hydrogens is 267 g/mol. The highest BCUT2D eigenvalue weighted by molar-refractivity contribution is 5.85. The summed E-state index contributed by atoms with van der Waals surface area (Å²) in [5, 5.41) is 6.11. The lowest BCUT2D eigenvalue weighted by molar-refractivity contribution is -0.121. The van der Waals surface area contributed by atoms with E-state index in [2.05, 4.69) is 10.6 Å². The van der Waals surface area contributed by atoms with Gasteiger partial charge in [0.05, 0.1) is 0 Å². The first kappa shape index (κ1) is 15.9. The Morgan fingerprint density at radius 1 is 1.53 bits per heavy atom. The predicted octanol–water partition coefficient (Wildman–Crippen LogP) is 2.31. The van der Waals surface area contributed by atoms with E-state index >= 15 is 0 Å². The number of hydrogen-bond acceptors (Lipinski definition) is 2. The monoisotopic (exact) mass is 286 g/mol. The molecule has 1 amide bonds. The second-order valence-electron chi connectivity index (χ2n) is 4.86. The summed E-state index contributed by atoms with van der Waals surface area (Å²) >= 11 is 0. The van der Waals surface area contributed by atoms with E-state index in [9.17, 15) is 9.18 Å². The molecule has 0 aliphatic carbocycles. The van der Waals surface area contributed by atoms with Gasteiger partial charge in [0.15, 0.2) is 0 Å². The minimum absolute atomic E-state index is 0. The molecule has 0 bridgehead atoms. The van der Waals surface area contributed by atoms with Crippen LogP contribution in [0, 0.1) is 12.7 Å². The van der Waals surface area contributed by atoms with Crippen LogP contribution >= 0.6 is 12.4 Å². The maximum atomic E-state index is 13.3. The zero-order chi connectivity index (χ0) is 13.0. The van der Waals surface area contributed by atoms with Crippen LogP contribution in [0.4, 0.5) is 4.39 Å². The van der Waals surface area contributed by atoms with E-state index < -0.39 is 0 Å². The molecule has 0 radical (unpaired) electrons. The lowest BCUT2D eigenvalue weighted by Crippen LogP contribution is -2.31. The van der Waals surface area contributed by atoms with Crippen molar-refractivity contribution in [1.82, 2.24) is 10.6 Å². The molecular formula is C14H20ClFN2O. The van der Waals surface area contributed by atoms with Crippen LogP contribution in [0.1, 0.15) is 30.4 Å². The maximum Gasteiger partial charge on any atom is 0.221 e. The van der Waals surface area contributed by atoms with E-state index in [4.69, 9.17) is 0 Å². The van der Waals surface area contributed by atoms with Crippen molar-refractivity contribution in [2.45, 2.75) is 38.8 Å². The summed E-state index contributed by atoms with van der Waals surface area (Å²) in [6.07, 6.45) is 2.71. The fourth-order valence-corrected chi connectivity index (χ4v) is 2.17. The third kappa shape index (κ3) is 4.80. The minimum atomic E-state index is -0.223. The zero-order valence-electron chi connectivity index (χ0n) is 11.0. The van der Waals surface area contributed by atoms with Crippen LogP contribution in [0.5, 0.6) is 0 Å². The molecule has 1 aromatic carbocycles. The number of benzene rings is 1. The summed E-state index contributed by atoms with van der Waals surface area (Å²) in [6, 6.07) is 5.35. The SMILES string of the molecule is Cc1ccc(CNC(=O)CC2CCCN2)cc1F.Cl. The smallest absolute Gasteiger partial charge is 0.221 e. The Hall–Kier alpha value is -1.13. The Balaban J connectivity index is 0.00000180. The van der Waals surface area contributed by atoms with Gasteiger partial charge in [0.25, 0.3) is 0 Å². The number of hydrogen-bond donors (Lipinski definition) is 2. The van der Waals surface area contributed by atoms with E-state index in [0.29, 0.717) is 24.6 Å². The predicted molar refractivity (Wildman–Crippen MR) is 75.9 cm³/mol. The van der Waals surface area contributed by atoms with Crippen molar-refractivity contribution in [2.75, 3.05) is 6.54 Å². The van der Waals surface area contributed by atoms with Gasteiger partial charge in [-0.15, -0.1) is 12.4 Å². The lowest BCUT2D eigenvalue weighted by Gasteiger charge is -2.10. The van der Waals surface area contributed by atoms with Gasteiger partial charge in [-0.25, -0.2) is 4.39 Å². The summed E-state index contributed by atoms with van der Waals surface area (Å²) in [7, 11) is 0. The molecule has 5 heteroatoms. The Labute approximate surface area is 119 Å². The van der Waals surface area contributed by atoms with Gasteiger partial charge in [-0.3, -0.25) is 4.79 Å². The molecule has 106 valence electrons. The molecule has 0 spiro atoms. The second-order valence-corrected chi connectivity index (χ2v) is 4.86. The number of carbonyl (C=O) groups excluding carboxylic acids is 1. The molecule has 0 aromatic heterocycles. The second kappa shape index (κ2) is 7.46. The van der Waals surface area contributed by atoms with Crippen LogP contribution in [0.15, 0.2) is 18.2 Å². The topological polar surface area (TPSA) is 41.1 Å². The van der Waals surface area contributed by atoms with E-state index in [1.54, 1.807) is 13.0 Å². The maximum absolute atomic E-state index is 13.3. The van der Waals surface area contributed by atoms with Crippen LogP contribution in [-0.2, 0) is 11.3 Å². The van der Waals surface area contributed by atoms with E-state index in [-0.39, 0.29) is 24.1 Å². The fourth-order valence-electron chi connectivity index (χ4n) is 2.17. The first-order valence-electron chi connectivity index (χ1n) is 6.40. The van der Waals surface area contributed by atoms with Crippen molar-refractivity contribution in [3.63, 3.8) is 0 Å². The Morgan fingerprint density at radius 2 is 2.32 bits per heavy atom. The average Bonchev–Trinajstić information content (AvgIpc) is 2.83. The van der Waals surface area contributed by atoms with Crippen LogP contribution in [-0.4, -0.2) is 18.5 Å². The standard InChI is InChI=1S/C14H19FN2O.ClH/c1-10-4-5-11(7-13(10)15)9-17-14(18)8-12-3-2-6-16-12;/h4-5,7,12,16H,2-3,6,8-9H2,1H3,(H,17,18);1H. The van der Waals surface area contributed by atoms with Crippen LogP contribution < -0.4 is 10.6 Å². The van der Waals surface area contributed by atoms with Crippen LogP contribution in [0.2, 0.25) is 0 Å². The molecule has 1 aliphatic rings. The minimum Gasteiger partial charge on any atom is -0.352 e. The molecule has 1 fully saturated rings. The number of aryl methyl sites for hydroxylation is 1. The van der Waals surface area contributed by atoms with Gasteiger partial charge in [0.2, 0.25) is 5.91 Å². The Morgan fingerprint density at radius 3 is 2.95 bits per heavy atom. The number of amides is 1. The van der Waals surface area contributed by atoms with E-state index in [1.807, 2.05) is 6.07 Å². The highest BCUT2D eigenvalue weighted by Crippen LogP contribution is 2.10. The van der Waals surface area contributed by atoms with E-state index in [0.717, 1.165) is 24.9 Å². The fraction of sp³-hybridized carbons (Fsp3) is 0.500. The highest BCUT2D eigenvalue weighted by atomic mass is 35.5. The normalized spacial score (nSPS) is 17.9. The number of rotatable bonds is 4. The van der Waals surface area contributed by atoms with E-state index in [1.165, 1.54) is 6.07 Å². The average molecular weight is 287 g/mol. The summed E-state index contributed by atoms with van der Waals surface area (Å²) in [5.74, 6) is -0.199. The van der Waals surface area contributed by atoms with Gasteiger partial charge in [0.1, 0.15) is 5.82 Å². The Bertz CT molecular complexity index is 433. The van der Waals surface area contributed by atoms with Gasteiger partial charge >= 0.3 is 0 Å². The van der Waals surface area contributed by atoms with Crippen molar-refractivity contribution in [2.24, 2.45) is 0 Å². The molecule has 2 rings (SSSR count). The van der Waals surface area contributed by atoms with Crippen LogP contribution in [0.25, 0.3) is 0 Å². The van der Waals surface area contributed by atoms with Gasteiger partial charge in [-0.2, -0.15) is 0 Å². The van der Waals surface area contributed by atoms with Gasteiger partial charge in [0, 0.05) is 19.0 Å². The Kier molecular flexibility index (Phi) is 6.25. The molecule has 19 heavy (non-hydrogen) atoms. The molecule has 1 heterocycles. The van der Waals surface area contributed by atoms with Gasteiger partial charge < -0.3 is 10.6 Å². The lowest BCUT2D eigenvalue weighted by atomic mass is 10.1. The van der Waals surface area contributed by atoms with Crippen molar-refractivity contribution in [3.8, 4) is 0 Å². The molecule has 1 saturated heterocycles. The third-order valence-electron chi connectivity index (χ3n) is 3.32. The highest BCUT2D eigenvalue weighted by Gasteiger charge is 2.17. The zero-order valence-corrected chi connectivity index (χ0v) is 11.9. The third-order valence-corrected chi connectivity index (χ3v) is 3.32. The van der Waals surface area contributed by atoms with Crippen molar-refractivity contribution < 1.29 is 9.18 Å². The quantitative estimate of drug-likeness (QED) is 0.892. The molecule has 1 aromatic rings. The molecule has 0 saturated carbocycles. The van der Waals surface area contributed by atoms with Crippen molar-refractivity contribution >= 4 is 18.3 Å². The summed E-state index contributed by atoms with van der Waals surface area (Å²) in [6.45, 7) is 3.12. The number of halogens is 2. The first-order chi connectivity index (χ1) is 8.65. The number of carbonyl (C=O) groups is 1. The molecule has 1 unspecified atom stereocenters. The molecule has 1 aliphatic heterocycles. The number of nitrogens with one attached hydrogen (secondary N) is 2. The summed E-state index contributed by atoms with van der Waals surface area (Å²) in [4.78, 5) is 11.7. The van der Waals surface area contributed by atoms with Crippen molar-refractivity contribution in [3.05, 3.63) is 35.1 Å². The van der Waals surface area contributed by atoms with Gasteiger partial charge in [-0.1, -0.05) is 12.1 Å². The molecule has 3 nitrogen and oxygen atoms in total. The van der Waals surface area contributed by atoms with Gasteiger partial charge in [-0.05, 0) is 43.5 Å². The molecule has 2 N–H and O–H groups in total.